The first kappa shape index (κ1) is 21.2. The van der Waals surface area contributed by atoms with E-state index in [2.05, 4.69) is 19.7 Å². The van der Waals surface area contributed by atoms with Gasteiger partial charge >= 0.3 is 17.9 Å². The number of hydrogen-bond acceptors (Lipinski definition) is 4. The van der Waals surface area contributed by atoms with Gasteiger partial charge in [0.05, 0.1) is 0 Å². The molecule has 6 nitrogen and oxygen atoms in total. The van der Waals surface area contributed by atoms with Crippen LogP contribution in [0.2, 0.25) is 0 Å². The number of carboxylic acids is 2. The van der Waals surface area contributed by atoms with Gasteiger partial charge in [0, 0.05) is 18.2 Å². The van der Waals surface area contributed by atoms with Gasteiger partial charge in [-0.1, -0.05) is 50.1 Å². The molecule has 0 saturated heterocycles. The fourth-order valence-corrected chi connectivity index (χ4v) is 0.788. The zero-order valence-corrected chi connectivity index (χ0v) is 12.0. The van der Waals surface area contributed by atoms with Gasteiger partial charge < -0.3 is 14.9 Å². The summed E-state index contributed by atoms with van der Waals surface area (Å²) in [7, 11) is 0. The highest BCUT2D eigenvalue weighted by atomic mass is 16.5. The van der Waals surface area contributed by atoms with E-state index in [4.69, 9.17) is 14.9 Å². The molecule has 0 saturated carbocycles. The average Bonchev–Trinajstić information content (AvgIpc) is 2.54. The molecule has 1 rings (SSSR count). The molecule has 0 atom stereocenters. The number of rotatable bonds is 5. The molecule has 0 bridgehead atoms. The van der Waals surface area contributed by atoms with Crippen LogP contribution in [0.3, 0.4) is 0 Å². The lowest BCUT2D eigenvalue weighted by Crippen LogP contribution is -1.99. The van der Waals surface area contributed by atoms with Crippen LogP contribution in [0.15, 0.2) is 68.3 Å². The molecule has 0 aliphatic heterocycles. The van der Waals surface area contributed by atoms with E-state index in [-0.39, 0.29) is 5.97 Å². The molecule has 0 aliphatic carbocycles. The Morgan fingerprint density at radius 3 is 1.64 bits per heavy atom. The third kappa shape index (κ3) is 16.9. The van der Waals surface area contributed by atoms with Crippen molar-refractivity contribution < 1.29 is 29.3 Å². The summed E-state index contributed by atoms with van der Waals surface area (Å²) in [6, 6.07) is 9.51. The van der Waals surface area contributed by atoms with E-state index in [1.807, 2.05) is 30.3 Å². The van der Waals surface area contributed by atoms with Crippen LogP contribution in [0.1, 0.15) is 5.56 Å². The van der Waals surface area contributed by atoms with Gasteiger partial charge in [-0.3, -0.25) is 0 Å². The number of carbonyl (C=O) groups excluding carboxylic acids is 1. The smallest absolute Gasteiger partial charge is 0.330 e. The third-order valence-electron chi connectivity index (χ3n) is 1.74. The summed E-state index contributed by atoms with van der Waals surface area (Å²) in [5.41, 5.74) is 0.979. The van der Waals surface area contributed by atoms with Gasteiger partial charge in [0.1, 0.15) is 6.61 Å². The first-order valence-corrected chi connectivity index (χ1v) is 5.91. The van der Waals surface area contributed by atoms with Crippen molar-refractivity contribution in [1.82, 2.24) is 0 Å². The van der Waals surface area contributed by atoms with Crippen molar-refractivity contribution in [2.75, 3.05) is 0 Å². The lowest BCUT2D eigenvalue weighted by atomic mass is 10.2. The summed E-state index contributed by atoms with van der Waals surface area (Å²) in [5, 5.41) is 15.2. The molecule has 0 fully saturated rings. The van der Waals surface area contributed by atoms with Gasteiger partial charge in [-0.15, -0.1) is 0 Å². The van der Waals surface area contributed by atoms with Crippen LogP contribution in [-0.2, 0) is 25.7 Å². The van der Waals surface area contributed by atoms with Crippen LogP contribution < -0.4 is 0 Å². The minimum atomic E-state index is -0.981. The minimum Gasteiger partial charge on any atom is -0.478 e. The molecular weight excluding hydrogens is 288 g/mol. The Balaban J connectivity index is 0. The van der Waals surface area contributed by atoms with E-state index in [1.165, 1.54) is 0 Å². The second-order valence-electron chi connectivity index (χ2n) is 3.38. The summed E-state index contributed by atoms with van der Waals surface area (Å²) in [6.07, 6.45) is 2.82. The van der Waals surface area contributed by atoms with Crippen molar-refractivity contribution in [3.05, 3.63) is 73.9 Å². The molecule has 118 valence electrons. The van der Waals surface area contributed by atoms with Crippen LogP contribution in [0, 0.1) is 0 Å². The quantitative estimate of drug-likeness (QED) is 0.640. The number of carbonyl (C=O) groups is 3. The molecule has 0 aromatic heterocycles. The minimum absolute atomic E-state index is 0.311. The van der Waals surface area contributed by atoms with Gasteiger partial charge in [-0.2, -0.15) is 0 Å². The normalized spacial score (nSPS) is 7.82. The Morgan fingerprint density at radius 1 is 0.909 bits per heavy atom. The van der Waals surface area contributed by atoms with E-state index in [9.17, 15) is 14.4 Å². The average molecular weight is 306 g/mol. The Kier molecular flexibility index (Phi) is 13.7. The zero-order chi connectivity index (χ0) is 17.4. The van der Waals surface area contributed by atoms with Crippen molar-refractivity contribution in [2.45, 2.75) is 6.61 Å². The predicted molar refractivity (Wildman–Crippen MR) is 82.1 cm³/mol. The van der Waals surface area contributed by atoms with Crippen molar-refractivity contribution in [3.8, 4) is 0 Å². The van der Waals surface area contributed by atoms with E-state index in [0.717, 1.165) is 23.8 Å². The van der Waals surface area contributed by atoms with E-state index in [0.29, 0.717) is 6.61 Å². The Bertz CT molecular complexity index is 487. The number of hydrogen-bond donors (Lipinski definition) is 2. The number of ether oxygens (including phenoxy) is 1. The molecular formula is C16H18O6. The van der Waals surface area contributed by atoms with E-state index >= 15 is 0 Å². The van der Waals surface area contributed by atoms with E-state index in [1.54, 1.807) is 0 Å². The van der Waals surface area contributed by atoms with Crippen LogP contribution in [0.25, 0.3) is 0 Å². The summed E-state index contributed by atoms with van der Waals surface area (Å²) in [4.78, 5) is 29.1. The van der Waals surface area contributed by atoms with Gasteiger partial charge in [-0.25, -0.2) is 14.4 Å². The SMILES string of the molecule is C=CC(=O)O.C=CC(=O)O.C=CC(=O)OCc1ccccc1. The predicted octanol–water partition coefficient (Wildman–Crippen LogP) is 2.43. The highest BCUT2D eigenvalue weighted by Gasteiger charge is 1.95. The van der Waals surface area contributed by atoms with Crippen molar-refractivity contribution in [1.29, 1.82) is 0 Å². The van der Waals surface area contributed by atoms with Crippen LogP contribution >= 0.6 is 0 Å². The number of carboxylic acid groups (broad SMARTS) is 2. The Hall–Kier alpha value is -3.15. The molecule has 1 aromatic carbocycles. The molecule has 0 unspecified atom stereocenters. The molecule has 0 heterocycles. The summed E-state index contributed by atoms with van der Waals surface area (Å²) >= 11 is 0. The second kappa shape index (κ2) is 14.3. The fourth-order valence-electron chi connectivity index (χ4n) is 0.788. The zero-order valence-electron chi connectivity index (χ0n) is 12.0. The Labute approximate surface area is 128 Å². The lowest BCUT2D eigenvalue weighted by Gasteiger charge is -2.00. The second-order valence-corrected chi connectivity index (χ2v) is 3.38. The van der Waals surface area contributed by atoms with Crippen LogP contribution in [0.4, 0.5) is 0 Å². The highest BCUT2D eigenvalue weighted by Crippen LogP contribution is 2.00. The first-order chi connectivity index (χ1) is 10.4. The fraction of sp³-hybridized carbons (Fsp3) is 0.0625. The van der Waals surface area contributed by atoms with Crippen LogP contribution in [-0.4, -0.2) is 28.1 Å². The summed E-state index contributed by atoms with van der Waals surface area (Å²) < 4.78 is 4.82. The monoisotopic (exact) mass is 306 g/mol. The first-order valence-electron chi connectivity index (χ1n) is 5.91. The lowest BCUT2D eigenvalue weighted by molar-refractivity contribution is -0.139. The van der Waals surface area contributed by atoms with Crippen molar-refractivity contribution in [2.24, 2.45) is 0 Å². The largest absolute Gasteiger partial charge is 0.478 e. The maximum Gasteiger partial charge on any atom is 0.330 e. The summed E-state index contributed by atoms with van der Waals surface area (Å²) in [5.74, 6) is -2.35. The number of benzene rings is 1. The van der Waals surface area contributed by atoms with E-state index < -0.39 is 11.9 Å². The molecule has 0 radical (unpaired) electrons. The Morgan fingerprint density at radius 2 is 1.32 bits per heavy atom. The van der Waals surface area contributed by atoms with Gasteiger partial charge in [0.15, 0.2) is 0 Å². The van der Waals surface area contributed by atoms with Gasteiger partial charge in [-0.05, 0) is 5.56 Å². The van der Waals surface area contributed by atoms with Crippen molar-refractivity contribution in [3.63, 3.8) is 0 Å². The van der Waals surface area contributed by atoms with Crippen LogP contribution in [0.5, 0.6) is 0 Å². The molecule has 1 aromatic rings. The molecule has 0 spiro atoms. The third-order valence-corrected chi connectivity index (χ3v) is 1.74. The molecule has 22 heavy (non-hydrogen) atoms. The maximum atomic E-state index is 10.6. The summed E-state index contributed by atoms with van der Waals surface area (Å²) in [6.45, 7) is 9.53. The molecule has 6 heteroatoms. The molecule has 2 N–H and O–H groups in total. The standard InChI is InChI=1S/C10H10O2.2C3H4O2/c1-2-10(11)12-8-9-6-4-3-5-7-9;2*1-2-3(4)5/h2-7H,1,8H2;2*2H,1H2,(H,4,5). The number of esters is 1. The van der Waals surface area contributed by atoms with Crippen molar-refractivity contribution >= 4 is 17.9 Å². The topological polar surface area (TPSA) is 101 Å². The van der Waals surface area contributed by atoms with Gasteiger partial charge in [0.25, 0.3) is 0 Å². The molecule has 0 amide bonds. The van der Waals surface area contributed by atoms with Gasteiger partial charge in [0.2, 0.25) is 0 Å². The maximum absolute atomic E-state index is 10.6. The number of aliphatic carboxylic acids is 2. The highest BCUT2D eigenvalue weighted by molar-refractivity contribution is 5.81. The molecule has 0 aliphatic rings.